The third-order valence-electron chi connectivity index (χ3n) is 5.95. The molecule has 0 radical (unpaired) electrons. The van der Waals surface area contributed by atoms with Gasteiger partial charge >= 0.3 is 6.09 Å². The van der Waals surface area contributed by atoms with Crippen molar-refractivity contribution in [2.24, 2.45) is 0 Å². The number of aromatic nitrogens is 3. The van der Waals surface area contributed by atoms with E-state index in [0.717, 1.165) is 35.7 Å². The largest absolute Gasteiger partial charge is 0.444 e. The first kappa shape index (κ1) is 23.1. The maximum absolute atomic E-state index is 12.4. The Balaban J connectivity index is 1.50. The van der Waals surface area contributed by atoms with Crippen LogP contribution in [0, 0.1) is 0 Å². The van der Waals surface area contributed by atoms with Crippen molar-refractivity contribution in [1.82, 2.24) is 24.8 Å². The number of fused-ring (bicyclic) bond motifs is 1. The zero-order chi connectivity index (χ0) is 23.8. The van der Waals surface area contributed by atoms with Crippen LogP contribution in [-0.4, -0.2) is 68.8 Å². The predicted molar refractivity (Wildman–Crippen MR) is 127 cm³/mol. The number of piperidine rings is 1. The van der Waals surface area contributed by atoms with Gasteiger partial charge in [-0.2, -0.15) is 9.61 Å². The van der Waals surface area contributed by atoms with Crippen molar-refractivity contribution < 1.29 is 14.3 Å². The van der Waals surface area contributed by atoms with Crippen molar-refractivity contribution in [2.45, 2.75) is 77.5 Å². The van der Waals surface area contributed by atoms with E-state index in [1.807, 2.05) is 37.5 Å². The van der Waals surface area contributed by atoms with Crippen molar-refractivity contribution in [3.63, 3.8) is 0 Å². The van der Waals surface area contributed by atoms with Crippen LogP contribution < -0.4 is 16.0 Å². The Kier molecular flexibility index (Phi) is 6.36. The number of ether oxygens (including phenoxy) is 1. The highest BCUT2D eigenvalue weighted by Gasteiger charge is 2.28. The minimum Gasteiger partial charge on any atom is -0.444 e. The van der Waals surface area contributed by atoms with E-state index in [4.69, 9.17) is 9.72 Å². The predicted octanol–water partition coefficient (Wildman–Crippen LogP) is 2.96. The number of amides is 2. The molecule has 33 heavy (non-hydrogen) atoms. The van der Waals surface area contributed by atoms with Gasteiger partial charge in [-0.25, -0.2) is 9.78 Å². The van der Waals surface area contributed by atoms with E-state index >= 15 is 0 Å². The second-order valence-electron chi connectivity index (χ2n) is 10.3. The summed E-state index contributed by atoms with van der Waals surface area (Å²) in [4.78, 5) is 30.6. The van der Waals surface area contributed by atoms with E-state index in [2.05, 4.69) is 34.9 Å². The lowest BCUT2D eigenvalue weighted by Crippen LogP contribution is -2.44. The highest BCUT2D eigenvalue weighted by molar-refractivity contribution is 5.79. The van der Waals surface area contributed by atoms with Gasteiger partial charge in [-0.3, -0.25) is 4.79 Å². The van der Waals surface area contributed by atoms with E-state index in [1.54, 1.807) is 4.90 Å². The molecule has 4 heterocycles. The fourth-order valence-corrected chi connectivity index (χ4v) is 4.22. The van der Waals surface area contributed by atoms with Gasteiger partial charge in [0.1, 0.15) is 17.2 Å². The van der Waals surface area contributed by atoms with Gasteiger partial charge in [-0.1, -0.05) is 13.8 Å². The highest BCUT2D eigenvalue weighted by Crippen LogP contribution is 2.26. The molecule has 3 N–H and O–H groups in total. The molecule has 10 heteroatoms. The number of nitrogens with one attached hydrogen (secondary N) is 3. The number of hydrogen-bond acceptors (Lipinski definition) is 7. The van der Waals surface area contributed by atoms with E-state index in [-0.39, 0.29) is 30.0 Å². The lowest BCUT2D eigenvalue weighted by molar-refractivity contribution is -0.119. The molecule has 10 nitrogen and oxygen atoms in total. The lowest BCUT2D eigenvalue weighted by atomic mass is 10.1. The highest BCUT2D eigenvalue weighted by atomic mass is 16.6. The third-order valence-corrected chi connectivity index (χ3v) is 5.95. The quantitative estimate of drug-likeness (QED) is 0.633. The molecule has 2 amide bonds. The van der Waals surface area contributed by atoms with Gasteiger partial charge in [0.25, 0.3) is 0 Å². The van der Waals surface area contributed by atoms with Crippen LogP contribution in [0.3, 0.4) is 0 Å². The van der Waals surface area contributed by atoms with Crippen molar-refractivity contribution >= 4 is 29.3 Å². The van der Waals surface area contributed by atoms with Crippen LogP contribution in [-0.2, 0) is 9.53 Å². The number of carbonyl (C=O) groups excluding carboxylic acids is 2. The number of likely N-dealkylation sites (tertiary alicyclic amines) is 1. The molecule has 0 saturated carbocycles. The van der Waals surface area contributed by atoms with Crippen molar-refractivity contribution in [2.75, 3.05) is 30.3 Å². The molecule has 4 rings (SSSR count). The summed E-state index contributed by atoms with van der Waals surface area (Å²) in [5.41, 5.74) is 1.38. The van der Waals surface area contributed by atoms with Gasteiger partial charge in [-0.05, 0) is 39.5 Å². The van der Waals surface area contributed by atoms with E-state index in [9.17, 15) is 9.59 Å². The Bertz CT molecular complexity index is 1020. The molecule has 0 aromatic carbocycles. The molecule has 2 aliphatic rings. The number of hydrogen-bond donors (Lipinski definition) is 3. The summed E-state index contributed by atoms with van der Waals surface area (Å²) in [6.07, 6.45) is 3.67. The Labute approximate surface area is 194 Å². The summed E-state index contributed by atoms with van der Waals surface area (Å²) in [7, 11) is 0. The lowest BCUT2D eigenvalue weighted by Gasteiger charge is -2.34. The summed E-state index contributed by atoms with van der Waals surface area (Å²) >= 11 is 0. The zero-order valence-electron chi connectivity index (χ0n) is 20.1. The Morgan fingerprint density at radius 2 is 1.94 bits per heavy atom. The number of rotatable bonds is 5. The van der Waals surface area contributed by atoms with Crippen molar-refractivity contribution in [1.29, 1.82) is 0 Å². The molecular formula is C23H35N7O3. The molecule has 2 aromatic heterocycles. The van der Waals surface area contributed by atoms with E-state index < -0.39 is 5.60 Å². The maximum atomic E-state index is 12.4. The van der Waals surface area contributed by atoms with Crippen molar-refractivity contribution in [3.05, 3.63) is 17.8 Å². The van der Waals surface area contributed by atoms with Gasteiger partial charge in [0.2, 0.25) is 5.91 Å². The molecule has 0 spiro atoms. The van der Waals surface area contributed by atoms with Crippen LogP contribution in [0.25, 0.3) is 5.65 Å². The van der Waals surface area contributed by atoms with Crippen LogP contribution in [0.1, 0.15) is 65.4 Å². The van der Waals surface area contributed by atoms with E-state index in [1.165, 1.54) is 0 Å². The second-order valence-corrected chi connectivity index (χ2v) is 10.3. The number of carbonyl (C=O) groups is 2. The Hall–Kier alpha value is -3.04. The smallest absolute Gasteiger partial charge is 0.410 e. The van der Waals surface area contributed by atoms with Crippen LogP contribution >= 0.6 is 0 Å². The van der Waals surface area contributed by atoms with Gasteiger partial charge in [-0.15, -0.1) is 0 Å². The molecule has 0 unspecified atom stereocenters. The Morgan fingerprint density at radius 3 is 2.55 bits per heavy atom. The number of anilines is 2. The molecule has 180 valence electrons. The van der Waals surface area contributed by atoms with Gasteiger partial charge in [0.15, 0.2) is 5.65 Å². The topological polar surface area (TPSA) is 113 Å². The average Bonchev–Trinajstić information content (AvgIpc) is 3.33. The second kappa shape index (κ2) is 9.07. The summed E-state index contributed by atoms with van der Waals surface area (Å²) in [6, 6.07) is 2.17. The first-order chi connectivity index (χ1) is 15.6. The Morgan fingerprint density at radius 1 is 1.21 bits per heavy atom. The zero-order valence-corrected chi connectivity index (χ0v) is 20.1. The minimum atomic E-state index is -0.494. The van der Waals surface area contributed by atoms with Gasteiger partial charge < -0.3 is 25.6 Å². The van der Waals surface area contributed by atoms with Crippen LogP contribution in [0.15, 0.2) is 12.3 Å². The standard InChI is InChI=1S/C23H35N7O3/c1-14(2)17-13-25-30-19(11-18(28-21(17)30)26-16-10-20(31)24-12-16)27-15-6-8-29(9-7-15)22(32)33-23(3,4)5/h11,13-16,27H,6-10,12H2,1-5H3,(H,24,31)(H,26,28)/t16-/m1/s1. The SMILES string of the molecule is CC(C)c1cnn2c(NC3CCN(C(=O)OC(C)(C)C)CC3)cc(N[C@H]3CNC(=O)C3)nc12. The molecular weight excluding hydrogens is 422 g/mol. The van der Waals surface area contributed by atoms with Crippen molar-refractivity contribution in [3.8, 4) is 0 Å². The summed E-state index contributed by atoms with van der Waals surface area (Å²) < 4.78 is 7.35. The van der Waals surface area contributed by atoms with Gasteiger partial charge in [0, 0.05) is 43.7 Å². The molecule has 2 fully saturated rings. The summed E-state index contributed by atoms with van der Waals surface area (Å²) in [5.74, 6) is 1.91. The normalized spacial score (nSPS) is 19.8. The average molecular weight is 458 g/mol. The monoisotopic (exact) mass is 457 g/mol. The molecule has 2 aromatic rings. The van der Waals surface area contributed by atoms with Crippen LogP contribution in [0.4, 0.5) is 16.4 Å². The maximum Gasteiger partial charge on any atom is 0.410 e. The first-order valence-corrected chi connectivity index (χ1v) is 11.8. The molecule has 0 aliphatic carbocycles. The molecule has 2 saturated heterocycles. The van der Waals surface area contributed by atoms with E-state index in [0.29, 0.717) is 26.1 Å². The number of nitrogens with zero attached hydrogens (tertiary/aromatic N) is 4. The molecule has 1 atom stereocenters. The van der Waals surface area contributed by atoms with Gasteiger partial charge in [0.05, 0.1) is 12.2 Å². The third kappa shape index (κ3) is 5.48. The molecule has 2 aliphatic heterocycles. The fourth-order valence-electron chi connectivity index (χ4n) is 4.22. The first-order valence-electron chi connectivity index (χ1n) is 11.8. The molecule has 0 bridgehead atoms. The van der Waals surface area contributed by atoms with Crippen LogP contribution in [0.2, 0.25) is 0 Å². The summed E-state index contributed by atoms with van der Waals surface area (Å²) in [6.45, 7) is 11.8. The minimum absolute atomic E-state index is 0.0165. The fraction of sp³-hybridized carbons (Fsp3) is 0.652. The summed E-state index contributed by atoms with van der Waals surface area (Å²) in [5, 5.41) is 14.5. The van der Waals surface area contributed by atoms with Crippen LogP contribution in [0.5, 0.6) is 0 Å².